The summed E-state index contributed by atoms with van der Waals surface area (Å²) in [4.78, 5) is 0. The maximum absolute atomic E-state index is 13.2. The van der Waals surface area contributed by atoms with E-state index in [2.05, 4.69) is 13.8 Å². The maximum atomic E-state index is 13.2. The van der Waals surface area contributed by atoms with Crippen molar-refractivity contribution in [2.24, 2.45) is 40.4 Å². The third kappa shape index (κ3) is 3.68. The molecule has 5 rings (SSSR count). The molecule has 172 valence electrons. The number of rotatable bonds is 4. The lowest BCUT2D eigenvalue weighted by atomic mass is 9.44. The topological polar surface area (TPSA) is 40.5 Å². The van der Waals surface area contributed by atoms with E-state index < -0.39 is 6.10 Å². The van der Waals surface area contributed by atoms with E-state index in [9.17, 15) is 14.6 Å². The van der Waals surface area contributed by atoms with E-state index in [0.29, 0.717) is 16.7 Å². The zero-order chi connectivity index (χ0) is 21.8. The minimum absolute atomic E-state index is 0.0631. The van der Waals surface area contributed by atoms with Gasteiger partial charge in [-0.25, -0.2) is 4.39 Å². The molecule has 0 bridgehead atoms. The average Bonchev–Trinajstić information content (AvgIpc) is 3.09. The van der Waals surface area contributed by atoms with Crippen LogP contribution in [-0.2, 0) is 0 Å². The SMILES string of the molecule is CC12CCC3[C@@H](CCC4CC(O)CCC43C)C1CCC2CCC(O)c1ccc(F)cc1. The number of hydrogen-bond acceptors (Lipinski definition) is 2. The van der Waals surface area contributed by atoms with Crippen LogP contribution < -0.4 is 0 Å². The molecule has 0 aromatic heterocycles. The summed E-state index contributed by atoms with van der Waals surface area (Å²) in [7, 11) is 0. The first-order valence-corrected chi connectivity index (χ1v) is 12.9. The van der Waals surface area contributed by atoms with Gasteiger partial charge in [-0.1, -0.05) is 26.0 Å². The van der Waals surface area contributed by atoms with Crippen LogP contribution in [0.4, 0.5) is 4.39 Å². The molecular formula is C28H41FO2. The van der Waals surface area contributed by atoms with Crippen LogP contribution >= 0.6 is 0 Å². The normalized spacial score (nSPS) is 45.5. The zero-order valence-electron chi connectivity index (χ0n) is 19.4. The van der Waals surface area contributed by atoms with Crippen LogP contribution in [0.2, 0.25) is 0 Å². The van der Waals surface area contributed by atoms with Gasteiger partial charge in [0, 0.05) is 0 Å². The molecule has 2 N–H and O–H groups in total. The van der Waals surface area contributed by atoms with Crippen molar-refractivity contribution >= 4 is 0 Å². The van der Waals surface area contributed by atoms with Gasteiger partial charge in [0.25, 0.3) is 0 Å². The van der Waals surface area contributed by atoms with Gasteiger partial charge in [-0.2, -0.15) is 0 Å². The highest BCUT2D eigenvalue weighted by atomic mass is 19.1. The van der Waals surface area contributed by atoms with Gasteiger partial charge in [0.2, 0.25) is 0 Å². The van der Waals surface area contributed by atoms with Crippen LogP contribution in [0.25, 0.3) is 0 Å². The van der Waals surface area contributed by atoms with Crippen LogP contribution in [-0.4, -0.2) is 16.3 Å². The van der Waals surface area contributed by atoms with Gasteiger partial charge in [-0.05, 0) is 129 Å². The highest BCUT2D eigenvalue weighted by Crippen LogP contribution is 2.68. The molecule has 4 fully saturated rings. The van der Waals surface area contributed by atoms with Gasteiger partial charge in [0.05, 0.1) is 12.2 Å². The highest BCUT2D eigenvalue weighted by molar-refractivity contribution is 5.18. The maximum Gasteiger partial charge on any atom is 0.123 e. The van der Waals surface area contributed by atoms with Crippen molar-refractivity contribution in [3.05, 3.63) is 35.6 Å². The van der Waals surface area contributed by atoms with Gasteiger partial charge >= 0.3 is 0 Å². The molecule has 4 saturated carbocycles. The van der Waals surface area contributed by atoms with Crippen molar-refractivity contribution in [2.45, 2.75) is 96.7 Å². The van der Waals surface area contributed by atoms with Crippen molar-refractivity contribution in [1.29, 1.82) is 0 Å². The van der Waals surface area contributed by atoms with Crippen LogP contribution in [0.15, 0.2) is 24.3 Å². The average molecular weight is 429 g/mol. The summed E-state index contributed by atoms with van der Waals surface area (Å²) in [6.07, 6.45) is 12.6. The molecule has 0 radical (unpaired) electrons. The number of fused-ring (bicyclic) bond motifs is 5. The van der Waals surface area contributed by atoms with Gasteiger partial charge in [0.15, 0.2) is 0 Å². The van der Waals surface area contributed by atoms with Crippen LogP contribution in [0.1, 0.15) is 96.1 Å². The van der Waals surface area contributed by atoms with Crippen LogP contribution in [0, 0.1) is 46.2 Å². The molecule has 0 saturated heterocycles. The summed E-state index contributed by atoms with van der Waals surface area (Å²) < 4.78 is 13.2. The zero-order valence-corrected chi connectivity index (χ0v) is 19.4. The third-order valence-corrected chi connectivity index (χ3v) is 10.9. The summed E-state index contributed by atoms with van der Waals surface area (Å²) in [5, 5.41) is 20.9. The Morgan fingerprint density at radius 2 is 1.65 bits per heavy atom. The van der Waals surface area contributed by atoms with Gasteiger partial charge < -0.3 is 10.2 Å². The van der Waals surface area contributed by atoms with E-state index in [0.717, 1.165) is 54.9 Å². The van der Waals surface area contributed by atoms with Crippen molar-refractivity contribution in [2.75, 3.05) is 0 Å². The first kappa shape index (κ1) is 21.9. The lowest BCUT2D eigenvalue weighted by molar-refractivity contribution is -0.127. The monoisotopic (exact) mass is 428 g/mol. The smallest absolute Gasteiger partial charge is 0.123 e. The number of hydrogen-bond donors (Lipinski definition) is 2. The van der Waals surface area contributed by atoms with E-state index in [1.54, 1.807) is 12.1 Å². The predicted octanol–water partition coefficient (Wildman–Crippen LogP) is 6.66. The standard InChI is InChI=1S/C28H41FO2/c1-27-16-14-25-23(10-5-20-17-22(30)13-15-28(20,25)2)24(27)11-6-19(27)7-12-26(31)18-3-8-21(29)9-4-18/h3-4,8-9,19-20,22-26,30-31H,5-7,10-17H2,1-2H3/t19?,20?,22?,23-,24?,25?,26?,27?,28?/m0/s1. The fraction of sp³-hybridized carbons (Fsp3) is 0.786. The Labute approximate surface area is 187 Å². The lowest BCUT2D eigenvalue weighted by Crippen LogP contribution is -2.53. The fourth-order valence-electron chi connectivity index (χ4n) is 9.03. The lowest BCUT2D eigenvalue weighted by Gasteiger charge is -2.61. The molecule has 8 unspecified atom stereocenters. The first-order chi connectivity index (χ1) is 14.8. The third-order valence-electron chi connectivity index (χ3n) is 10.9. The summed E-state index contributed by atoms with van der Waals surface area (Å²) >= 11 is 0. The first-order valence-electron chi connectivity index (χ1n) is 12.9. The second-order valence-corrected chi connectivity index (χ2v) is 12.0. The quantitative estimate of drug-likeness (QED) is 0.563. The van der Waals surface area contributed by atoms with Crippen molar-refractivity contribution in [3.8, 4) is 0 Å². The minimum atomic E-state index is -0.484. The summed E-state index contributed by atoms with van der Waals surface area (Å²) in [6, 6.07) is 6.36. The molecule has 4 aliphatic carbocycles. The predicted molar refractivity (Wildman–Crippen MR) is 122 cm³/mol. The highest BCUT2D eigenvalue weighted by Gasteiger charge is 2.59. The molecule has 31 heavy (non-hydrogen) atoms. The van der Waals surface area contributed by atoms with Crippen LogP contribution in [0.5, 0.6) is 0 Å². The Kier molecular flexibility index (Phi) is 5.74. The number of aliphatic hydroxyl groups is 2. The van der Waals surface area contributed by atoms with Crippen molar-refractivity contribution < 1.29 is 14.6 Å². The summed E-state index contributed by atoms with van der Waals surface area (Å²) in [5.41, 5.74) is 1.71. The molecule has 2 nitrogen and oxygen atoms in total. The van der Waals surface area contributed by atoms with E-state index >= 15 is 0 Å². The molecule has 4 aliphatic rings. The number of aliphatic hydroxyl groups excluding tert-OH is 2. The van der Waals surface area contributed by atoms with E-state index in [4.69, 9.17) is 0 Å². The van der Waals surface area contributed by atoms with E-state index in [-0.39, 0.29) is 11.9 Å². The molecule has 9 atom stereocenters. The Morgan fingerprint density at radius 3 is 2.42 bits per heavy atom. The van der Waals surface area contributed by atoms with Crippen molar-refractivity contribution in [1.82, 2.24) is 0 Å². The summed E-state index contributed by atoms with van der Waals surface area (Å²) in [5.74, 6) is 3.73. The second-order valence-electron chi connectivity index (χ2n) is 12.0. The van der Waals surface area contributed by atoms with Gasteiger partial charge in [0.1, 0.15) is 5.82 Å². The second kappa shape index (κ2) is 8.13. The number of benzene rings is 1. The Balaban J connectivity index is 1.26. The molecule has 3 heteroatoms. The molecule has 1 aromatic carbocycles. The van der Waals surface area contributed by atoms with Crippen molar-refractivity contribution in [3.63, 3.8) is 0 Å². The molecule has 0 heterocycles. The molecule has 0 spiro atoms. The Morgan fingerprint density at radius 1 is 0.935 bits per heavy atom. The summed E-state index contributed by atoms with van der Waals surface area (Å²) in [6.45, 7) is 5.13. The molecular weight excluding hydrogens is 387 g/mol. The van der Waals surface area contributed by atoms with E-state index in [1.165, 1.54) is 57.1 Å². The molecule has 0 amide bonds. The molecule has 1 aromatic rings. The largest absolute Gasteiger partial charge is 0.393 e. The van der Waals surface area contributed by atoms with Crippen LogP contribution in [0.3, 0.4) is 0 Å². The number of halogens is 1. The van der Waals surface area contributed by atoms with E-state index in [1.807, 2.05) is 0 Å². The Bertz CT molecular complexity index is 778. The molecule has 0 aliphatic heterocycles. The van der Waals surface area contributed by atoms with Gasteiger partial charge in [-0.3, -0.25) is 0 Å². The minimum Gasteiger partial charge on any atom is -0.393 e. The fourth-order valence-corrected chi connectivity index (χ4v) is 9.03. The Hall–Kier alpha value is -0.930. The van der Waals surface area contributed by atoms with Gasteiger partial charge in [-0.15, -0.1) is 0 Å².